The second-order valence-corrected chi connectivity index (χ2v) is 10.9. The molecule has 21 heavy (non-hydrogen) atoms. The van der Waals surface area contributed by atoms with E-state index in [2.05, 4.69) is 61.9 Å². The van der Waals surface area contributed by atoms with Crippen LogP contribution in [0.15, 0.2) is 0 Å². The molecule has 0 aliphatic heterocycles. The molecule has 0 N–H and O–H groups in total. The summed E-state index contributed by atoms with van der Waals surface area (Å²) in [5, 5.41) is 0. The van der Waals surface area contributed by atoms with Crippen LogP contribution in [-0.2, 0) is 33.9 Å². The average molecular weight is 426 g/mol. The van der Waals surface area contributed by atoms with Gasteiger partial charge in [-0.15, -0.1) is 0 Å². The zero-order chi connectivity index (χ0) is 17.4. The van der Waals surface area contributed by atoms with Gasteiger partial charge in [0, 0.05) is 0 Å². The summed E-state index contributed by atoms with van der Waals surface area (Å²) in [5.41, 5.74) is 0. The zero-order valence-electron chi connectivity index (χ0n) is 14.6. The van der Waals surface area contributed by atoms with Crippen LogP contribution >= 0.6 is 15.8 Å². The summed E-state index contributed by atoms with van der Waals surface area (Å²) in [6.07, 6.45) is 8.74. The fourth-order valence-electron chi connectivity index (χ4n) is 1.50. The number of carbonyl (C=O) groups excluding carboxylic acids is 3. The summed E-state index contributed by atoms with van der Waals surface area (Å²) < 4.78 is 0. The number of hydrogen-bond donors (Lipinski definition) is 0. The normalized spacial score (nSPS) is 7.43. The molecule has 1 radical (unpaired) electrons. The average Bonchev–Trinajstić information content (AvgIpc) is 2.57. The van der Waals surface area contributed by atoms with E-state index in [1.54, 1.807) is 0 Å². The Morgan fingerprint density at radius 3 is 0.571 bits per heavy atom. The quantitative estimate of drug-likeness (QED) is 0.282. The van der Waals surface area contributed by atoms with Crippen LogP contribution in [0.5, 0.6) is 0 Å². The Morgan fingerprint density at radius 1 is 0.476 bits per heavy atom. The Balaban J connectivity index is -0.0000000381. The third-order valence-electron chi connectivity index (χ3n) is 3.00. The van der Waals surface area contributed by atoms with E-state index >= 15 is 0 Å². The van der Waals surface area contributed by atoms with Crippen LogP contribution in [0.2, 0.25) is 0 Å². The molecule has 0 aliphatic rings. The molecule has 0 aromatic carbocycles. The van der Waals surface area contributed by atoms with Crippen molar-refractivity contribution in [2.75, 3.05) is 37.0 Å². The SMILES string of the molecule is CC[PH+](CC)CC.CC[PH+](CC)CC.[CH-]=O.[CH-]=O.[CH-]=O.[Ru+3]. The van der Waals surface area contributed by atoms with Gasteiger partial charge >= 0.3 is 19.5 Å². The first-order valence-electron chi connectivity index (χ1n) is 7.07. The summed E-state index contributed by atoms with van der Waals surface area (Å²) in [5.74, 6) is 0. The minimum absolute atomic E-state index is 0. The molecule has 129 valence electrons. The molecule has 0 aromatic heterocycles. The molecule has 0 spiro atoms. The molecule has 0 bridgehead atoms. The third-order valence-corrected chi connectivity index (χ3v) is 9.00. The molecular weight excluding hydrogens is 391 g/mol. The number of rotatable bonds is 6. The molecule has 0 saturated heterocycles. The van der Waals surface area contributed by atoms with Gasteiger partial charge in [0.25, 0.3) is 0 Å². The van der Waals surface area contributed by atoms with Gasteiger partial charge in [0.2, 0.25) is 0 Å². The minimum atomic E-state index is 0. The van der Waals surface area contributed by atoms with Crippen LogP contribution in [0.3, 0.4) is 0 Å². The Labute approximate surface area is 148 Å². The van der Waals surface area contributed by atoms with Crippen LogP contribution in [0.1, 0.15) is 41.5 Å². The van der Waals surface area contributed by atoms with Crippen molar-refractivity contribution in [3.8, 4) is 0 Å². The molecule has 0 atom stereocenters. The maximum atomic E-state index is 7.75. The second kappa shape index (κ2) is 49.9. The van der Waals surface area contributed by atoms with Gasteiger partial charge in [-0.3, -0.25) is 20.4 Å². The van der Waals surface area contributed by atoms with Gasteiger partial charge in [-0.25, -0.2) is 0 Å². The molecule has 0 unspecified atom stereocenters. The third kappa shape index (κ3) is 44.9. The first kappa shape index (κ1) is 37.6. The first-order chi connectivity index (χ1) is 9.69. The fourth-order valence-corrected chi connectivity index (χ4v) is 4.50. The van der Waals surface area contributed by atoms with Gasteiger partial charge < -0.3 is 14.4 Å². The molecular formula is C15H35O3P2Ru+2. The Bertz CT molecular complexity index is 108. The van der Waals surface area contributed by atoms with Gasteiger partial charge in [-0.05, 0) is 57.4 Å². The maximum Gasteiger partial charge on any atom is 3.00 e. The summed E-state index contributed by atoms with van der Waals surface area (Å²) >= 11 is 0. The van der Waals surface area contributed by atoms with Gasteiger partial charge in [0.15, 0.2) is 0 Å². The molecule has 0 aromatic rings. The van der Waals surface area contributed by atoms with E-state index in [0.29, 0.717) is 0 Å². The van der Waals surface area contributed by atoms with Crippen molar-refractivity contribution in [1.29, 1.82) is 0 Å². The summed E-state index contributed by atoms with van der Waals surface area (Å²) in [6.45, 7) is 23.6. The monoisotopic (exact) mass is 427 g/mol. The first-order valence-corrected chi connectivity index (χ1v) is 11.3. The molecule has 0 aliphatic carbocycles. The van der Waals surface area contributed by atoms with Crippen molar-refractivity contribution < 1.29 is 33.9 Å². The van der Waals surface area contributed by atoms with Crippen LogP contribution in [-0.4, -0.2) is 57.3 Å². The predicted octanol–water partition coefficient (Wildman–Crippen LogP) is 3.70. The van der Waals surface area contributed by atoms with Crippen molar-refractivity contribution in [3.05, 3.63) is 0 Å². The zero-order valence-corrected chi connectivity index (χ0v) is 18.3. The maximum absolute atomic E-state index is 7.75. The van der Waals surface area contributed by atoms with E-state index in [0.717, 1.165) is 0 Å². The van der Waals surface area contributed by atoms with Crippen molar-refractivity contribution in [3.63, 3.8) is 0 Å². The van der Waals surface area contributed by atoms with Crippen molar-refractivity contribution >= 4 is 36.2 Å². The molecule has 6 heteroatoms. The van der Waals surface area contributed by atoms with Gasteiger partial charge in [0.1, 0.15) is 0 Å². The molecule has 0 saturated carbocycles. The van der Waals surface area contributed by atoms with Crippen LogP contribution in [0.4, 0.5) is 0 Å². The summed E-state index contributed by atoms with van der Waals surface area (Å²) in [7, 11) is 0.275. The topological polar surface area (TPSA) is 51.2 Å². The molecule has 0 heterocycles. The number of hydrogen-bond acceptors (Lipinski definition) is 3. The summed E-state index contributed by atoms with van der Waals surface area (Å²) in [6, 6.07) is 0. The molecule has 0 rings (SSSR count). The van der Waals surface area contributed by atoms with E-state index < -0.39 is 0 Å². The standard InChI is InChI=1S/2C6H15P.3CHO.Ru/c2*1-4-7(5-2)6-3;3*1-2;/h2*4-6H2,1-3H3;3*1H;/q;;3*-1;+3/p+2. The van der Waals surface area contributed by atoms with Crippen LogP contribution in [0.25, 0.3) is 0 Å². The van der Waals surface area contributed by atoms with Crippen LogP contribution < -0.4 is 0 Å². The van der Waals surface area contributed by atoms with E-state index in [-0.39, 0.29) is 35.3 Å². The smallest absolute Gasteiger partial charge is 0.545 e. The molecule has 3 nitrogen and oxygen atoms in total. The minimum Gasteiger partial charge on any atom is -0.545 e. The largest absolute Gasteiger partial charge is 3.00 e. The Hall–Kier alpha value is 0.493. The van der Waals surface area contributed by atoms with Crippen molar-refractivity contribution in [2.45, 2.75) is 41.5 Å². The van der Waals surface area contributed by atoms with E-state index in [1.165, 1.54) is 37.0 Å². The Kier molecular flexibility index (Phi) is 89.3. The van der Waals surface area contributed by atoms with Crippen molar-refractivity contribution in [1.82, 2.24) is 0 Å². The Morgan fingerprint density at radius 2 is 0.571 bits per heavy atom. The second-order valence-electron chi connectivity index (χ2n) is 3.62. The fraction of sp³-hybridized carbons (Fsp3) is 0.800. The van der Waals surface area contributed by atoms with E-state index in [4.69, 9.17) is 14.4 Å². The summed E-state index contributed by atoms with van der Waals surface area (Å²) in [4.78, 5) is 23.2. The van der Waals surface area contributed by atoms with Gasteiger partial charge in [-0.2, -0.15) is 0 Å². The van der Waals surface area contributed by atoms with Crippen LogP contribution in [0, 0.1) is 0 Å². The van der Waals surface area contributed by atoms with Crippen molar-refractivity contribution in [2.24, 2.45) is 0 Å². The molecule has 0 fully saturated rings. The van der Waals surface area contributed by atoms with Gasteiger partial charge in [0.05, 0.1) is 37.0 Å². The van der Waals surface area contributed by atoms with E-state index in [9.17, 15) is 0 Å². The van der Waals surface area contributed by atoms with Gasteiger partial charge in [-0.1, -0.05) is 0 Å². The predicted molar refractivity (Wildman–Crippen MR) is 100 cm³/mol. The molecule has 0 amide bonds. The van der Waals surface area contributed by atoms with E-state index in [1.807, 2.05) is 0 Å².